The topological polar surface area (TPSA) is 24.5 Å². The van der Waals surface area contributed by atoms with E-state index in [2.05, 4.69) is 24.1 Å². The summed E-state index contributed by atoms with van der Waals surface area (Å²) in [5, 5.41) is 3.53. The third kappa shape index (κ3) is 6.91. The van der Waals surface area contributed by atoms with Gasteiger partial charge in [0.1, 0.15) is 6.61 Å². The lowest BCUT2D eigenvalue weighted by atomic mass is 10.1. The second-order valence-corrected chi connectivity index (χ2v) is 4.85. The second kappa shape index (κ2) is 7.95. The zero-order chi connectivity index (χ0) is 12.7. The minimum absolute atomic E-state index is 0.403. The molecule has 0 spiro atoms. The van der Waals surface area contributed by atoms with Gasteiger partial charge in [-0.05, 0) is 39.8 Å². The second-order valence-electron chi connectivity index (χ2n) is 4.85. The molecule has 1 heterocycles. The van der Waals surface area contributed by atoms with E-state index < -0.39 is 13.0 Å². The van der Waals surface area contributed by atoms with Crippen LogP contribution in [0.15, 0.2) is 0 Å². The maximum Gasteiger partial charge on any atom is 0.261 e. The molecule has 0 aromatic rings. The molecule has 1 saturated heterocycles. The molecular formula is C12H24F2N2O. The molecule has 5 heteroatoms. The smallest absolute Gasteiger partial charge is 0.261 e. The average Bonchev–Trinajstić information content (AvgIpc) is 2.24. The fraction of sp³-hybridized carbons (Fsp3) is 1.00. The molecule has 0 aromatic heterocycles. The molecule has 0 bridgehead atoms. The molecule has 1 aliphatic heterocycles. The molecule has 0 saturated carbocycles. The SMILES string of the molecule is CC1CCN(CCOCC(F)F)CCC(C)N1. The molecule has 1 aliphatic rings. The van der Waals surface area contributed by atoms with Gasteiger partial charge in [0, 0.05) is 18.6 Å². The maximum absolute atomic E-state index is 11.9. The van der Waals surface area contributed by atoms with E-state index in [9.17, 15) is 8.78 Å². The van der Waals surface area contributed by atoms with Gasteiger partial charge in [0.15, 0.2) is 0 Å². The highest BCUT2D eigenvalue weighted by atomic mass is 19.3. The summed E-state index contributed by atoms with van der Waals surface area (Å²) < 4.78 is 28.7. The van der Waals surface area contributed by atoms with Gasteiger partial charge >= 0.3 is 0 Å². The van der Waals surface area contributed by atoms with Crippen LogP contribution in [-0.2, 0) is 4.74 Å². The van der Waals surface area contributed by atoms with Crippen LogP contribution in [-0.4, -0.2) is 56.3 Å². The third-order valence-electron chi connectivity index (χ3n) is 3.12. The number of ether oxygens (including phenoxy) is 1. The van der Waals surface area contributed by atoms with Crippen LogP contribution < -0.4 is 5.32 Å². The van der Waals surface area contributed by atoms with Crippen molar-refractivity contribution in [3.8, 4) is 0 Å². The summed E-state index contributed by atoms with van der Waals surface area (Å²) in [5.74, 6) is 0. The summed E-state index contributed by atoms with van der Waals surface area (Å²) >= 11 is 0. The Hall–Kier alpha value is -0.260. The zero-order valence-corrected chi connectivity index (χ0v) is 10.8. The largest absolute Gasteiger partial charge is 0.374 e. The van der Waals surface area contributed by atoms with Crippen LogP contribution >= 0.6 is 0 Å². The summed E-state index contributed by atoms with van der Waals surface area (Å²) in [7, 11) is 0. The number of hydrogen-bond donors (Lipinski definition) is 1. The van der Waals surface area contributed by atoms with Gasteiger partial charge in [0.2, 0.25) is 0 Å². The van der Waals surface area contributed by atoms with E-state index in [1.807, 2.05) is 0 Å². The lowest BCUT2D eigenvalue weighted by molar-refractivity contribution is 0.00878. The molecule has 17 heavy (non-hydrogen) atoms. The lowest BCUT2D eigenvalue weighted by Crippen LogP contribution is -2.43. The summed E-state index contributed by atoms with van der Waals surface area (Å²) in [6.45, 7) is 7.12. The Balaban J connectivity index is 2.18. The van der Waals surface area contributed by atoms with E-state index in [1.165, 1.54) is 0 Å². The standard InChI is InChI=1S/C12H24F2N2O/c1-10-3-5-16(6-4-11(2)15-10)7-8-17-9-12(13)14/h10-12,15H,3-9H2,1-2H3. The van der Waals surface area contributed by atoms with E-state index in [4.69, 9.17) is 4.74 Å². The number of rotatable bonds is 5. The quantitative estimate of drug-likeness (QED) is 0.752. The Bertz CT molecular complexity index is 193. The Kier molecular flexibility index (Phi) is 6.92. The lowest BCUT2D eigenvalue weighted by Gasteiger charge is -2.30. The van der Waals surface area contributed by atoms with Crippen LogP contribution in [0.2, 0.25) is 0 Å². The molecule has 102 valence electrons. The van der Waals surface area contributed by atoms with Gasteiger partial charge in [0.25, 0.3) is 6.43 Å². The van der Waals surface area contributed by atoms with Gasteiger partial charge in [-0.15, -0.1) is 0 Å². The number of nitrogens with zero attached hydrogens (tertiary/aromatic N) is 1. The normalized spacial score (nSPS) is 28.1. The van der Waals surface area contributed by atoms with Crippen molar-refractivity contribution >= 4 is 0 Å². The van der Waals surface area contributed by atoms with E-state index in [0.717, 1.165) is 32.5 Å². The Morgan fingerprint density at radius 3 is 2.35 bits per heavy atom. The first kappa shape index (κ1) is 14.8. The highest BCUT2D eigenvalue weighted by Gasteiger charge is 2.15. The molecule has 1 N–H and O–H groups in total. The molecule has 3 nitrogen and oxygen atoms in total. The first-order valence-electron chi connectivity index (χ1n) is 6.42. The minimum atomic E-state index is -2.36. The summed E-state index contributed by atoms with van der Waals surface area (Å²) in [5.41, 5.74) is 0. The fourth-order valence-corrected chi connectivity index (χ4v) is 2.11. The van der Waals surface area contributed by atoms with Gasteiger partial charge in [-0.1, -0.05) is 0 Å². The van der Waals surface area contributed by atoms with E-state index in [-0.39, 0.29) is 0 Å². The van der Waals surface area contributed by atoms with Gasteiger partial charge in [-0.25, -0.2) is 8.78 Å². The van der Waals surface area contributed by atoms with Crippen molar-refractivity contribution in [1.29, 1.82) is 0 Å². The number of hydrogen-bond acceptors (Lipinski definition) is 3. The van der Waals surface area contributed by atoms with Crippen molar-refractivity contribution in [2.75, 3.05) is 32.8 Å². The molecule has 0 aliphatic carbocycles. The molecule has 1 rings (SSSR count). The van der Waals surface area contributed by atoms with Crippen molar-refractivity contribution < 1.29 is 13.5 Å². The zero-order valence-electron chi connectivity index (χ0n) is 10.8. The number of halogens is 2. The van der Waals surface area contributed by atoms with Crippen LogP contribution in [0.5, 0.6) is 0 Å². The Morgan fingerprint density at radius 2 is 1.82 bits per heavy atom. The van der Waals surface area contributed by atoms with Crippen LogP contribution in [0, 0.1) is 0 Å². The summed E-state index contributed by atoms with van der Waals surface area (Å²) in [6.07, 6.45) is -0.162. The number of nitrogens with one attached hydrogen (secondary N) is 1. The van der Waals surface area contributed by atoms with E-state index in [0.29, 0.717) is 18.7 Å². The first-order valence-corrected chi connectivity index (χ1v) is 6.42. The van der Waals surface area contributed by atoms with Crippen molar-refractivity contribution in [3.63, 3.8) is 0 Å². The van der Waals surface area contributed by atoms with Crippen molar-refractivity contribution in [1.82, 2.24) is 10.2 Å². The van der Waals surface area contributed by atoms with Gasteiger partial charge in [-0.2, -0.15) is 0 Å². The summed E-state index contributed by atoms with van der Waals surface area (Å²) in [6, 6.07) is 1.05. The van der Waals surface area contributed by atoms with Gasteiger partial charge < -0.3 is 15.0 Å². The van der Waals surface area contributed by atoms with Crippen molar-refractivity contribution in [2.24, 2.45) is 0 Å². The predicted octanol–water partition coefficient (Wildman–Crippen LogP) is 1.73. The minimum Gasteiger partial charge on any atom is -0.374 e. The van der Waals surface area contributed by atoms with E-state index >= 15 is 0 Å². The highest BCUT2D eigenvalue weighted by Crippen LogP contribution is 2.06. The van der Waals surface area contributed by atoms with Crippen LogP contribution in [0.25, 0.3) is 0 Å². The molecule has 0 aromatic carbocycles. The molecule has 0 radical (unpaired) electrons. The maximum atomic E-state index is 11.9. The van der Waals surface area contributed by atoms with Crippen LogP contribution in [0.3, 0.4) is 0 Å². The first-order chi connectivity index (χ1) is 8.08. The van der Waals surface area contributed by atoms with Gasteiger partial charge in [-0.3, -0.25) is 0 Å². The monoisotopic (exact) mass is 250 g/mol. The van der Waals surface area contributed by atoms with Crippen LogP contribution in [0.4, 0.5) is 8.78 Å². The molecule has 1 fully saturated rings. The molecule has 0 amide bonds. The molecular weight excluding hydrogens is 226 g/mol. The Labute approximate surface area is 103 Å². The van der Waals surface area contributed by atoms with Crippen molar-refractivity contribution in [2.45, 2.75) is 45.2 Å². The predicted molar refractivity (Wildman–Crippen MR) is 64.6 cm³/mol. The average molecular weight is 250 g/mol. The fourth-order valence-electron chi connectivity index (χ4n) is 2.11. The van der Waals surface area contributed by atoms with Crippen LogP contribution in [0.1, 0.15) is 26.7 Å². The van der Waals surface area contributed by atoms with Gasteiger partial charge in [0.05, 0.1) is 6.61 Å². The molecule has 2 atom stereocenters. The number of alkyl halides is 2. The Morgan fingerprint density at radius 1 is 1.24 bits per heavy atom. The van der Waals surface area contributed by atoms with Crippen molar-refractivity contribution in [3.05, 3.63) is 0 Å². The van der Waals surface area contributed by atoms with E-state index in [1.54, 1.807) is 0 Å². The molecule has 2 unspecified atom stereocenters. The highest BCUT2D eigenvalue weighted by molar-refractivity contribution is 4.74. The summed E-state index contributed by atoms with van der Waals surface area (Å²) in [4.78, 5) is 2.30. The third-order valence-corrected chi connectivity index (χ3v) is 3.12.